The van der Waals surface area contributed by atoms with Crippen LogP contribution >= 0.6 is 11.6 Å². The number of hydrogen-bond donors (Lipinski definition) is 0. The second-order valence-electron chi connectivity index (χ2n) is 8.43. The maximum atomic E-state index is 14.0. The molecule has 1 heterocycles. The molecule has 0 fully saturated rings. The van der Waals surface area contributed by atoms with Crippen LogP contribution < -0.4 is 0 Å². The van der Waals surface area contributed by atoms with Gasteiger partial charge in [-0.2, -0.15) is 0 Å². The van der Waals surface area contributed by atoms with Crippen LogP contribution in [0.15, 0.2) is 35.9 Å². The van der Waals surface area contributed by atoms with Crippen LogP contribution in [0.4, 0.5) is 8.78 Å². The van der Waals surface area contributed by atoms with Gasteiger partial charge in [0.2, 0.25) is 0 Å². The average Bonchev–Trinajstić information content (AvgIpc) is 2.63. The van der Waals surface area contributed by atoms with Crippen molar-refractivity contribution in [2.75, 3.05) is 0 Å². The molecule has 0 amide bonds. The minimum absolute atomic E-state index is 0.102. The van der Waals surface area contributed by atoms with Crippen LogP contribution in [0.25, 0.3) is 16.7 Å². The van der Waals surface area contributed by atoms with E-state index >= 15 is 0 Å². The van der Waals surface area contributed by atoms with Crippen molar-refractivity contribution < 1.29 is 18.3 Å². The fraction of sp³-hybridized carbons (Fsp3) is 0.375. The number of halogens is 3. The third-order valence-corrected chi connectivity index (χ3v) is 6.00. The van der Waals surface area contributed by atoms with Crippen molar-refractivity contribution in [3.05, 3.63) is 63.7 Å². The van der Waals surface area contributed by atoms with Crippen LogP contribution in [0.5, 0.6) is 0 Å². The molecule has 1 aliphatic heterocycles. The van der Waals surface area contributed by atoms with Gasteiger partial charge in [-0.25, -0.2) is 8.78 Å². The molecule has 2 nitrogen and oxygen atoms in total. The topological polar surface area (TPSA) is 26.3 Å². The first-order valence-corrected chi connectivity index (χ1v) is 10.0. The fourth-order valence-corrected chi connectivity index (χ4v) is 3.99. The molecule has 2 aromatic carbocycles. The average molecular weight is 419 g/mol. The molecular formula is C24H25ClF2O2. The zero-order valence-electron chi connectivity index (χ0n) is 17.5. The van der Waals surface area contributed by atoms with E-state index in [4.69, 9.17) is 16.3 Å². The van der Waals surface area contributed by atoms with Gasteiger partial charge in [0, 0.05) is 5.57 Å². The molecule has 0 spiro atoms. The van der Waals surface area contributed by atoms with E-state index in [1.54, 1.807) is 19.9 Å². The molecule has 0 aromatic heterocycles. The van der Waals surface area contributed by atoms with Crippen molar-refractivity contribution in [2.24, 2.45) is 0 Å². The summed E-state index contributed by atoms with van der Waals surface area (Å²) in [6, 6.07) is 7.95. The molecule has 3 rings (SSSR count). The van der Waals surface area contributed by atoms with E-state index in [9.17, 15) is 13.6 Å². The molecule has 2 aromatic rings. The number of aryl methyl sites for hydroxylation is 1. The molecule has 0 unspecified atom stereocenters. The van der Waals surface area contributed by atoms with Gasteiger partial charge in [-0.15, -0.1) is 0 Å². The van der Waals surface area contributed by atoms with Crippen LogP contribution in [0.2, 0.25) is 5.02 Å². The van der Waals surface area contributed by atoms with Crippen molar-refractivity contribution in [1.82, 2.24) is 0 Å². The summed E-state index contributed by atoms with van der Waals surface area (Å²) in [7, 11) is 0. The largest absolute Gasteiger partial charge is 0.357 e. The Morgan fingerprint density at radius 1 is 0.966 bits per heavy atom. The number of Topliss-reactive ketones (excluding diaryl/α,β-unsaturated/α-hetero) is 1. The number of ether oxygens (including phenoxy) is 1. The van der Waals surface area contributed by atoms with E-state index in [2.05, 4.69) is 0 Å². The normalized spacial score (nSPS) is 18.3. The molecule has 0 bridgehead atoms. The molecule has 0 N–H and O–H groups in total. The second-order valence-corrected chi connectivity index (χ2v) is 8.81. The molecular weight excluding hydrogens is 394 g/mol. The van der Waals surface area contributed by atoms with Crippen LogP contribution in [-0.2, 0) is 16.0 Å². The number of hydrogen-bond acceptors (Lipinski definition) is 2. The summed E-state index contributed by atoms with van der Waals surface area (Å²) in [4.78, 5) is 13.3. The second kappa shape index (κ2) is 7.33. The Morgan fingerprint density at radius 2 is 1.55 bits per heavy atom. The van der Waals surface area contributed by atoms with Gasteiger partial charge in [0.1, 0.15) is 22.3 Å². The smallest absolute Gasteiger partial charge is 0.194 e. The Hall–Kier alpha value is -2.04. The van der Waals surface area contributed by atoms with Crippen molar-refractivity contribution in [3.63, 3.8) is 0 Å². The van der Waals surface area contributed by atoms with Crippen molar-refractivity contribution >= 4 is 23.0 Å². The van der Waals surface area contributed by atoms with E-state index in [1.165, 1.54) is 12.1 Å². The zero-order chi connectivity index (χ0) is 21.7. The van der Waals surface area contributed by atoms with Gasteiger partial charge in [0.05, 0.1) is 5.60 Å². The lowest BCUT2D eigenvalue weighted by Crippen LogP contribution is -2.49. The number of rotatable bonds is 3. The highest BCUT2D eigenvalue weighted by Crippen LogP contribution is 2.42. The highest BCUT2D eigenvalue weighted by molar-refractivity contribution is 6.31. The first-order valence-electron chi connectivity index (χ1n) is 9.63. The molecule has 0 radical (unpaired) electrons. The molecule has 29 heavy (non-hydrogen) atoms. The van der Waals surface area contributed by atoms with Crippen molar-refractivity contribution in [3.8, 4) is 11.1 Å². The minimum atomic E-state index is -0.974. The van der Waals surface area contributed by atoms with Crippen LogP contribution in [0.1, 0.15) is 52.7 Å². The highest BCUT2D eigenvalue weighted by atomic mass is 35.5. The predicted octanol–water partition coefficient (Wildman–Crippen LogP) is 6.78. The number of carbonyl (C=O) groups is 1. The van der Waals surface area contributed by atoms with Gasteiger partial charge < -0.3 is 4.74 Å². The minimum Gasteiger partial charge on any atom is -0.357 e. The first-order chi connectivity index (χ1) is 13.4. The number of ketones is 1. The Labute approximate surface area is 175 Å². The summed E-state index contributed by atoms with van der Waals surface area (Å²) < 4.78 is 34.1. The fourth-order valence-electron chi connectivity index (χ4n) is 3.88. The Balaban J connectivity index is 2.27. The standard InChI is InChI=1S/C24H25ClF2O2/c1-7-14-8-9-15(16-11-18(26)21(25)19(27)12-16)10-17(14)20-13(2)23(3,4)29-24(5,6)22(20)28/h8-12H,7H2,1-6H3. The van der Waals surface area contributed by atoms with Gasteiger partial charge in [-0.05, 0) is 87.1 Å². The van der Waals surface area contributed by atoms with Crippen molar-refractivity contribution in [2.45, 2.75) is 59.2 Å². The van der Waals surface area contributed by atoms with Gasteiger partial charge in [-0.3, -0.25) is 4.79 Å². The Bertz CT molecular complexity index is 1010. The summed E-state index contributed by atoms with van der Waals surface area (Å²) in [6.45, 7) is 11.3. The lowest BCUT2D eigenvalue weighted by atomic mass is 9.77. The maximum absolute atomic E-state index is 14.0. The summed E-state index contributed by atoms with van der Waals surface area (Å²) in [5.41, 5.74) is 2.59. The maximum Gasteiger partial charge on any atom is 0.194 e. The van der Waals surface area contributed by atoms with Gasteiger partial charge in [0.15, 0.2) is 5.78 Å². The Kier molecular flexibility index (Phi) is 5.48. The summed E-state index contributed by atoms with van der Waals surface area (Å²) in [5.74, 6) is -1.74. The first kappa shape index (κ1) is 21.7. The predicted molar refractivity (Wildman–Crippen MR) is 113 cm³/mol. The molecule has 0 saturated carbocycles. The van der Waals surface area contributed by atoms with Crippen LogP contribution in [0, 0.1) is 11.6 Å². The summed E-state index contributed by atoms with van der Waals surface area (Å²) >= 11 is 5.62. The highest BCUT2D eigenvalue weighted by Gasteiger charge is 2.45. The summed E-state index contributed by atoms with van der Waals surface area (Å²) in [5, 5.41) is -0.527. The SMILES string of the molecule is CCc1ccc(-c2cc(F)c(Cl)c(F)c2)cc1C1=C(C)C(C)(C)OC(C)(C)C1=O. The van der Waals surface area contributed by atoms with E-state index < -0.39 is 27.9 Å². The monoisotopic (exact) mass is 418 g/mol. The molecule has 1 aliphatic rings. The zero-order valence-corrected chi connectivity index (χ0v) is 18.3. The van der Waals surface area contributed by atoms with Gasteiger partial charge in [-0.1, -0.05) is 30.7 Å². The summed E-state index contributed by atoms with van der Waals surface area (Å²) in [6.07, 6.45) is 0.713. The molecule has 0 atom stereocenters. The van der Waals surface area contributed by atoms with E-state index in [-0.39, 0.29) is 5.78 Å². The molecule has 0 aliphatic carbocycles. The van der Waals surface area contributed by atoms with E-state index in [1.807, 2.05) is 39.8 Å². The molecule has 5 heteroatoms. The van der Waals surface area contributed by atoms with E-state index in [0.29, 0.717) is 23.1 Å². The molecule has 154 valence electrons. The van der Waals surface area contributed by atoms with E-state index in [0.717, 1.165) is 16.7 Å². The third kappa shape index (κ3) is 3.76. The Morgan fingerprint density at radius 3 is 2.10 bits per heavy atom. The van der Waals surface area contributed by atoms with Gasteiger partial charge >= 0.3 is 0 Å². The number of carbonyl (C=O) groups excluding carboxylic acids is 1. The quantitative estimate of drug-likeness (QED) is 0.513. The third-order valence-electron chi connectivity index (χ3n) is 5.64. The van der Waals surface area contributed by atoms with Crippen LogP contribution in [0.3, 0.4) is 0 Å². The van der Waals surface area contributed by atoms with Crippen LogP contribution in [-0.4, -0.2) is 17.0 Å². The van der Waals surface area contributed by atoms with Gasteiger partial charge in [0.25, 0.3) is 0 Å². The van der Waals surface area contributed by atoms with Crippen molar-refractivity contribution in [1.29, 1.82) is 0 Å². The lowest BCUT2D eigenvalue weighted by Gasteiger charge is -2.42. The number of benzene rings is 2. The lowest BCUT2D eigenvalue weighted by molar-refractivity contribution is -0.152. The molecule has 0 saturated heterocycles.